The van der Waals surface area contributed by atoms with Crippen LogP contribution in [0.2, 0.25) is 0 Å². The van der Waals surface area contributed by atoms with E-state index >= 15 is 0 Å². The fourth-order valence-corrected chi connectivity index (χ4v) is 8.01. The Balaban J connectivity index is 1.23. The van der Waals surface area contributed by atoms with Gasteiger partial charge in [-0.05, 0) is 102 Å². The Morgan fingerprint density at radius 3 is 1.64 bits per heavy atom. The monoisotopic (exact) mass is 664 g/mol. The van der Waals surface area contributed by atoms with Gasteiger partial charge in [0.15, 0.2) is 0 Å². The zero-order chi connectivity index (χ0) is 35.2. The Bertz CT molecular complexity index is 2230. The number of nitrogens with zero attached hydrogens (tertiary/aromatic N) is 1. The summed E-state index contributed by atoms with van der Waals surface area (Å²) in [6.07, 6.45) is 6.60. The minimum atomic E-state index is -0.529. The zero-order valence-corrected chi connectivity index (χ0v) is 28.8. The van der Waals surface area contributed by atoms with Gasteiger partial charge in [-0.25, -0.2) is 0 Å². The summed E-state index contributed by atoms with van der Waals surface area (Å²) in [7, 11) is 0. The normalized spacial score (nSPS) is 14.1. The second kappa shape index (κ2) is 12.9. The molecule has 0 unspecified atom stereocenters. The molecule has 252 valence electrons. The topological polar surface area (TPSA) is 117 Å². The largest absolute Gasteiger partial charge is 0.351 e. The first-order chi connectivity index (χ1) is 24.1. The van der Waals surface area contributed by atoms with Gasteiger partial charge in [-0.1, -0.05) is 92.1 Å². The van der Waals surface area contributed by atoms with Crippen molar-refractivity contribution in [3.8, 4) is 0 Å². The van der Waals surface area contributed by atoms with E-state index in [1.54, 1.807) is 0 Å². The number of anilines is 2. The van der Waals surface area contributed by atoms with Crippen LogP contribution in [-0.4, -0.2) is 21.7 Å². The Morgan fingerprint density at radius 2 is 1.16 bits per heavy atom. The molecule has 1 heterocycles. The third-order valence-corrected chi connectivity index (χ3v) is 10.5. The molecule has 1 fully saturated rings. The van der Waals surface area contributed by atoms with Crippen molar-refractivity contribution in [3.63, 3.8) is 0 Å². The SMILES string of the molecule is Cc1cc(C2(c3cc(C)c(NC(=O)c4c5ccccc5cc5ccccc45)c(C)c3)CCCCC2)cc(C)c1NC(=O)c1cc([N+](=O)[O-])c[nH]1. The Labute approximate surface area is 291 Å². The number of carbonyl (C=O) groups is 2. The molecule has 1 aliphatic carbocycles. The standard InChI is InChI=1S/C42H40N4O4/c1-25-18-31(19-26(2)38(25)44-40(47)36-23-33(24-43-36)46(49)50)42(16-10-5-11-17-42)32-20-27(3)39(28(4)21-32)45-41(48)37-34-14-8-6-12-29(34)22-30-13-7-9-15-35(30)37/h6-9,12-15,18-24,43H,5,10-11,16-17H2,1-4H3,(H,44,47)(H,45,48). The summed E-state index contributed by atoms with van der Waals surface area (Å²) in [5, 5.41) is 21.3. The highest BCUT2D eigenvalue weighted by atomic mass is 16.6. The number of nitrogens with one attached hydrogen (secondary N) is 3. The van der Waals surface area contributed by atoms with Crippen molar-refractivity contribution >= 4 is 50.4 Å². The number of aryl methyl sites for hydroxylation is 4. The maximum Gasteiger partial charge on any atom is 0.287 e. The Kier molecular flexibility index (Phi) is 8.48. The van der Waals surface area contributed by atoms with E-state index in [9.17, 15) is 19.7 Å². The van der Waals surface area contributed by atoms with Crippen LogP contribution in [0.1, 0.15) is 86.3 Å². The van der Waals surface area contributed by atoms with Crippen LogP contribution in [-0.2, 0) is 5.41 Å². The van der Waals surface area contributed by atoms with Crippen LogP contribution < -0.4 is 10.6 Å². The number of aromatic nitrogens is 1. The van der Waals surface area contributed by atoms with Crippen LogP contribution >= 0.6 is 0 Å². The van der Waals surface area contributed by atoms with Gasteiger partial charge >= 0.3 is 0 Å². The lowest BCUT2D eigenvalue weighted by Gasteiger charge is -2.40. The highest BCUT2D eigenvalue weighted by Gasteiger charge is 2.37. The number of nitro groups is 1. The summed E-state index contributed by atoms with van der Waals surface area (Å²) < 4.78 is 0. The van der Waals surface area contributed by atoms with Gasteiger partial charge in [0, 0.05) is 22.9 Å². The third-order valence-electron chi connectivity index (χ3n) is 10.5. The second-order valence-corrected chi connectivity index (χ2v) is 13.7. The number of rotatable bonds is 7. The van der Waals surface area contributed by atoms with Crippen molar-refractivity contribution in [3.05, 3.63) is 146 Å². The van der Waals surface area contributed by atoms with E-state index in [0.717, 1.165) is 75.2 Å². The molecule has 0 bridgehead atoms. The van der Waals surface area contributed by atoms with E-state index in [1.165, 1.54) is 29.8 Å². The smallest absolute Gasteiger partial charge is 0.287 e. The van der Waals surface area contributed by atoms with Crippen molar-refractivity contribution in [1.82, 2.24) is 4.98 Å². The maximum atomic E-state index is 14.1. The van der Waals surface area contributed by atoms with E-state index in [4.69, 9.17) is 0 Å². The molecule has 6 aromatic rings. The Morgan fingerprint density at radius 1 is 0.680 bits per heavy atom. The highest BCUT2D eigenvalue weighted by molar-refractivity contribution is 6.22. The number of benzene rings is 5. The fourth-order valence-electron chi connectivity index (χ4n) is 8.01. The molecule has 1 aromatic heterocycles. The summed E-state index contributed by atoms with van der Waals surface area (Å²) >= 11 is 0. The predicted molar refractivity (Wildman–Crippen MR) is 201 cm³/mol. The number of amides is 2. The van der Waals surface area contributed by atoms with Gasteiger partial charge < -0.3 is 15.6 Å². The molecule has 1 saturated carbocycles. The van der Waals surface area contributed by atoms with Gasteiger partial charge in [0.05, 0.1) is 16.7 Å². The van der Waals surface area contributed by atoms with E-state index in [2.05, 4.69) is 59.8 Å². The molecule has 50 heavy (non-hydrogen) atoms. The summed E-state index contributed by atoms with van der Waals surface area (Å²) in [5.41, 5.74) is 8.29. The molecule has 8 nitrogen and oxygen atoms in total. The van der Waals surface area contributed by atoms with Gasteiger partial charge in [0.25, 0.3) is 17.5 Å². The number of hydrogen-bond donors (Lipinski definition) is 3. The van der Waals surface area contributed by atoms with Gasteiger partial charge in [-0.15, -0.1) is 0 Å². The van der Waals surface area contributed by atoms with Crippen LogP contribution in [0.15, 0.2) is 91.1 Å². The molecular formula is C42H40N4O4. The van der Waals surface area contributed by atoms with E-state index < -0.39 is 10.8 Å². The first kappa shape index (κ1) is 32.8. The molecule has 0 radical (unpaired) electrons. The van der Waals surface area contributed by atoms with E-state index in [1.807, 2.05) is 62.4 Å². The predicted octanol–water partition coefficient (Wildman–Crippen LogP) is 10.2. The molecular weight excluding hydrogens is 624 g/mol. The molecule has 7 rings (SSSR count). The first-order valence-corrected chi connectivity index (χ1v) is 17.2. The molecule has 8 heteroatoms. The van der Waals surface area contributed by atoms with Gasteiger partial charge in [-0.2, -0.15) is 0 Å². The molecule has 0 saturated heterocycles. The lowest BCUT2D eigenvalue weighted by molar-refractivity contribution is -0.384. The van der Waals surface area contributed by atoms with Crippen molar-refractivity contribution in [2.75, 3.05) is 10.6 Å². The number of carbonyl (C=O) groups excluding carboxylic acids is 2. The number of hydrogen-bond acceptors (Lipinski definition) is 4. The summed E-state index contributed by atoms with van der Waals surface area (Å²) in [5.74, 6) is -0.549. The average Bonchev–Trinajstić information content (AvgIpc) is 3.62. The van der Waals surface area contributed by atoms with Crippen molar-refractivity contribution in [2.45, 2.75) is 65.2 Å². The van der Waals surface area contributed by atoms with E-state index in [-0.39, 0.29) is 22.7 Å². The molecule has 2 amide bonds. The fraction of sp³-hybridized carbons (Fsp3) is 0.238. The van der Waals surface area contributed by atoms with Crippen molar-refractivity contribution < 1.29 is 14.5 Å². The highest BCUT2D eigenvalue weighted by Crippen LogP contribution is 2.47. The maximum absolute atomic E-state index is 14.1. The molecule has 5 aromatic carbocycles. The summed E-state index contributed by atoms with van der Waals surface area (Å²) in [4.78, 5) is 40.5. The van der Waals surface area contributed by atoms with Crippen molar-refractivity contribution in [1.29, 1.82) is 0 Å². The molecule has 0 aliphatic heterocycles. The summed E-state index contributed by atoms with van der Waals surface area (Å²) in [6, 6.07) is 28.3. The molecule has 3 N–H and O–H groups in total. The third kappa shape index (κ3) is 5.81. The molecule has 0 atom stereocenters. The zero-order valence-electron chi connectivity index (χ0n) is 28.8. The number of aromatic amines is 1. The quantitative estimate of drug-likeness (QED) is 0.0894. The average molecular weight is 665 g/mol. The van der Waals surface area contributed by atoms with Crippen LogP contribution in [0.5, 0.6) is 0 Å². The molecule has 0 spiro atoms. The van der Waals surface area contributed by atoms with Crippen LogP contribution in [0.3, 0.4) is 0 Å². The lowest BCUT2D eigenvalue weighted by atomic mass is 9.64. The van der Waals surface area contributed by atoms with Crippen LogP contribution in [0.25, 0.3) is 21.5 Å². The minimum absolute atomic E-state index is 0.123. The van der Waals surface area contributed by atoms with Crippen molar-refractivity contribution in [2.24, 2.45) is 0 Å². The number of H-pyrrole nitrogens is 1. The first-order valence-electron chi connectivity index (χ1n) is 17.2. The lowest BCUT2D eigenvalue weighted by Crippen LogP contribution is -2.31. The van der Waals surface area contributed by atoms with Gasteiger partial charge in [-0.3, -0.25) is 19.7 Å². The van der Waals surface area contributed by atoms with Crippen LogP contribution in [0, 0.1) is 37.8 Å². The minimum Gasteiger partial charge on any atom is -0.351 e. The van der Waals surface area contributed by atoms with Gasteiger partial charge in [0.1, 0.15) is 5.69 Å². The Hall–Kier alpha value is -5.76. The second-order valence-electron chi connectivity index (χ2n) is 13.7. The van der Waals surface area contributed by atoms with E-state index in [0.29, 0.717) is 11.3 Å². The molecule has 1 aliphatic rings. The number of fused-ring (bicyclic) bond motifs is 2. The van der Waals surface area contributed by atoms with Gasteiger partial charge in [0.2, 0.25) is 0 Å². The van der Waals surface area contributed by atoms with Crippen LogP contribution in [0.4, 0.5) is 17.1 Å². The summed E-state index contributed by atoms with van der Waals surface area (Å²) in [6.45, 7) is 8.13.